The minimum atomic E-state index is -3.12. The maximum absolute atomic E-state index is 15.3. The third kappa shape index (κ3) is 4.91. The number of halogens is 2. The zero-order chi connectivity index (χ0) is 27.2. The van der Waals surface area contributed by atoms with Gasteiger partial charge in [-0.1, -0.05) is 18.2 Å². The minimum absolute atomic E-state index is 0.0609. The molecule has 2 aliphatic heterocycles. The van der Waals surface area contributed by atoms with Crippen LogP contribution in [0.15, 0.2) is 29.1 Å². The summed E-state index contributed by atoms with van der Waals surface area (Å²) < 4.78 is 60.8. The third-order valence-corrected chi connectivity index (χ3v) is 9.39. The highest BCUT2D eigenvalue weighted by Crippen LogP contribution is 2.41. The van der Waals surface area contributed by atoms with Gasteiger partial charge in [-0.05, 0) is 56.7 Å². The first-order valence-corrected chi connectivity index (χ1v) is 14.6. The van der Waals surface area contributed by atoms with Crippen molar-refractivity contribution in [3.05, 3.63) is 57.0 Å². The first-order chi connectivity index (χ1) is 18.0. The van der Waals surface area contributed by atoms with Gasteiger partial charge in [0, 0.05) is 25.1 Å². The SMILES string of the molecule is Cc1c([C@@H](C)Nc2nn(C)c(=O)c3nnc(C4CCS(=O)(=O)CC4)cc23)cccc1C(F)(F)C1CCCO1. The van der Waals surface area contributed by atoms with E-state index >= 15 is 8.78 Å². The first-order valence-electron chi connectivity index (χ1n) is 12.8. The van der Waals surface area contributed by atoms with Crippen LogP contribution < -0.4 is 10.9 Å². The van der Waals surface area contributed by atoms with Crippen molar-refractivity contribution in [2.24, 2.45) is 7.05 Å². The van der Waals surface area contributed by atoms with Crippen LogP contribution in [0.4, 0.5) is 14.6 Å². The van der Waals surface area contributed by atoms with Crippen LogP contribution in [0.25, 0.3) is 10.9 Å². The Kier molecular flexibility index (Phi) is 6.97. The molecule has 0 aliphatic carbocycles. The van der Waals surface area contributed by atoms with Crippen molar-refractivity contribution in [2.75, 3.05) is 23.4 Å². The topological polar surface area (TPSA) is 116 Å². The molecule has 2 saturated heterocycles. The van der Waals surface area contributed by atoms with Crippen molar-refractivity contribution in [3.63, 3.8) is 0 Å². The lowest BCUT2D eigenvalue weighted by Gasteiger charge is -2.27. The summed E-state index contributed by atoms with van der Waals surface area (Å²) in [5.74, 6) is -2.68. The summed E-state index contributed by atoms with van der Waals surface area (Å²) in [6.45, 7) is 3.86. The number of alkyl halides is 2. The third-order valence-electron chi connectivity index (χ3n) is 7.68. The van der Waals surface area contributed by atoms with Gasteiger partial charge in [-0.15, -0.1) is 5.10 Å². The Balaban J connectivity index is 1.49. The van der Waals surface area contributed by atoms with Gasteiger partial charge in [0.25, 0.3) is 11.5 Å². The average Bonchev–Trinajstić information content (AvgIpc) is 3.43. The Morgan fingerprint density at radius 3 is 2.61 bits per heavy atom. The summed E-state index contributed by atoms with van der Waals surface area (Å²) in [7, 11) is -1.54. The molecule has 2 aromatic heterocycles. The predicted molar refractivity (Wildman–Crippen MR) is 139 cm³/mol. The number of fused-ring (bicyclic) bond motifs is 1. The number of hydrogen-bond donors (Lipinski definition) is 1. The molecule has 12 heteroatoms. The average molecular weight is 548 g/mol. The van der Waals surface area contributed by atoms with Crippen molar-refractivity contribution in [1.82, 2.24) is 20.0 Å². The van der Waals surface area contributed by atoms with E-state index < -0.39 is 33.5 Å². The van der Waals surface area contributed by atoms with Gasteiger partial charge in [-0.2, -0.15) is 19.0 Å². The lowest BCUT2D eigenvalue weighted by Crippen LogP contribution is -2.31. The maximum Gasteiger partial charge on any atom is 0.299 e. The van der Waals surface area contributed by atoms with E-state index in [1.165, 1.54) is 13.1 Å². The van der Waals surface area contributed by atoms with Crippen LogP contribution in [0.2, 0.25) is 0 Å². The highest BCUT2D eigenvalue weighted by molar-refractivity contribution is 7.91. The minimum Gasteiger partial charge on any atom is -0.372 e. The van der Waals surface area contributed by atoms with E-state index in [-0.39, 0.29) is 28.5 Å². The second-order valence-corrected chi connectivity index (χ2v) is 12.5. The molecule has 1 N–H and O–H groups in total. The Hall–Kier alpha value is -2.99. The molecule has 1 unspecified atom stereocenters. The Labute approximate surface area is 219 Å². The number of ether oxygens (including phenoxy) is 1. The molecule has 0 radical (unpaired) electrons. The molecule has 2 atom stereocenters. The summed E-state index contributed by atoms with van der Waals surface area (Å²) in [4.78, 5) is 12.7. The van der Waals surface area contributed by atoms with Gasteiger partial charge >= 0.3 is 0 Å². The Morgan fingerprint density at radius 1 is 1.18 bits per heavy atom. The lowest BCUT2D eigenvalue weighted by molar-refractivity contribution is -0.122. The fourth-order valence-electron chi connectivity index (χ4n) is 5.44. The fraction of sp³-hybridized carbons (Fsp3) is 0.538. The zero-order valence-corrected chi connectivity index (χ0v) is 22.4. The molecule has 2 aliphatic rings. The number of benzene rings is 1. The van der Waals surface area contributed by atoms with E-state index in [4.69, 9.17) is 4.74 Å². The van der Waals surface area contributed by atoms with Crippen LogP contribution in [-0.4, -0.2) is 52.6 Å². The number of rotatable bonds is 6. The van der Waals surface area contributed by atoms with Crippen LogP contribution in [0.1, 0.15) is 67.0 Å². The summed E-state index contributed by atoms with van der Waals surface area (Å²) >= 11 is 0. The molecule has 38 heavy (non-hydrogen) atoms. The van der Waals surface area contributed by atoms with Gasteiger partial charge in [0.05, 0.1) is 28.6 Å². The number of nitrogens with zero attached hydrogens (tertiary/aromatic N) is 4. The van der Waals surface area contributed by atoms with Gasteiger partial charge in [-0.3, -0.25) is 4.79 Å². The Bertz CT molecular complexity index is 1520. The molecular formula is C26H31F2N5O4S. The summed E-state index contributed by atoms with van der Waals surface area (Å²) in [5, 5.41) is 16.6. The number of aryl methyl sites for hydroxylation is 1. The molecule has 4 heterocycles. The van der Waals surface area contributed by atoms with Crippen molar-refractivity contribution in [2.45, 2.75) is 63.5 Å². The molecular weight excluding hydrogens is 516 g/mol. The standard InChI is InChI=1S/C26H31F2N5O4S/c1-15-18(6-4-7-20(15)26(27,28)22-8-5-11-37-22)16(2)29-24-19-14-21(17-9-12-38(35,36)13-10-17)30-31-23(19)25(34)33(3)32-24/h4,6-7,14,16-17,22H,5,8-13H2,1-3H3,(H,29,32)/t16-,22?/m1/s1. The molecule has 0 bridgehead atoms. The van der Waals surface area contributed by atoms with E-state index in [2.05, 4.69) is 20.6 Å². The predicted octanol–water partition coefficient (Wildman–Crippen LogP) is 3.77. The van der Waals surface area contributed by atoms with Gasteiger partial charge in [0.2, 0.25) is 0 Å². The van der Waals surface area contributed by atoms with Crippen LogP contribution in [0.5, 0.6) is 0 Å². The zero-order valence-electron chi connectivity index (χ0n) is 21.6. The van der Waals surface area contributed by atoms with E-state index in [1.54, 1.807) is 25.1 Å². The maximum atomic E-state index is 15.3. The highest BCUT2D eigenvalue weighted by atomic mass is 32.2. The highest BCUT2D eigenvalue weighted by Gasteiger charge is 2.45. The largest absolute Gasteiger partial charge is 0.372 e. The molecule has 3 aromatic rings. The summed E-state index contributed by atoms with van der Waals surface area (Å²) in [6, 6.07) is 6.16. The summed E-state index contributed by atoms with van der Waals surface area (Å²) in [6.07, 6.45) is 0.662. The van der Waals surface area contributed by atoms with Crippen LogP contribution >= 0.6 is 0 Å². The summed E-state index contributed by atoms with van der Waals surface area (Å²) in [5.41, 5.74) is 1.38. The van der Waals surface area contributed by atoms with E-state index in [1.807, 2.05) is 6.92 Å². The van der Waals surface area contributed by atoms with Crippen LogP contribution in [0, 0.1) is 6.92 Å². The molecule has 2 fully saturated rings. The quantitative estimate of drug-likeness (QED) is 0.496. The van der Waals surface area contributed by atoms with E-state index in [9.17, 15) is 13.2 Å². The van der Waals surface area contributed by atoms with Crippen molar-refractivity contribution in [3.8, 4) is 0 Å². The Morgan fingerprint density at radius 2 is 1.92 bits per heavy atom. The molecule has 204 valence electrons. The van der Waals surface area contributed by atoms with Gasteiger partial charge < -0.3 is 10.1 Å². The normalized spacial score (nSPS) is 21.0. The number of aromatic nitrogens is 4. The number of anilines is 1. The number of hydrogen-bond acceptors (Lipinski definition) is 8. The molecule has 1 aromatic carbocycles. The van der Waals surface area contributed by atoms with Crippen LogP contribution in [-0.2, 0) is 27.5 Å². The second-order valence-electron chi connectivity index (χ2n) is 10.2. The van der Waals surface area contributed by atoms with Crippen molar-refractivity contribution in [1.29, 1.82) is 0 Å². The first kappa shape index (κ1) is 26.6. The van der Waals surface area contributed by atoms with Gasteiger partial charge in [0.1, 0.15) is 15.9 Å². The molecule has 0 spiro atoms. The van der Waals surface area contributed by atoms with E-state index in [0.29, 0.717) is 60.3 Å². The van der Waals surface area contributed by atoms with Gasteiger partial charge in [-0.25, -0.2) is 13.1 Å². The van der Waals surface area contributed by atoms with Crippen molar-refractivity contribution < 1.29 is 21.9 Å². The second kappa shape index (κ2) is 9.96. The van der Waals surface area contributed by atoms with Crippen molar-refractivity contribution >= 4 is 26.6 Å². The molecule has 5 rings (SSSR count). The van der Waals surface area contributed by atoms with Gasteiger partial charge in [0.15, 0.2) is 11.3 Å². The molecule has 9 nitrogen and oxygen atoms in total. The van der Waals surface area contributed by atoms with Crippen LogP contribution in [0.3, 0.4) is 0 Å². The molecule has 0 amide bonds. The monoisotopic (exact) mass is 547 g/mol. The molecule has 0 saturated carbocycles. The lowest BCUT2D eigenvalue weighted by atomic mass is 9.91. The number of sulfone groups is 1. The number of nitrogens with one attached hydrogen (secondary N) is 1. The van der Waals surface area contributed by atoms with E-state index in [0.717, 1.165) is 4.68 Å². The smallest absolute Gasteiger partial charge is 0.299 e. The fourth-order valence-corrected chi connectivity index (χ4v) is 6.93.